The van der Waals surface area contributed by atoms with E-state index in [2.05, 4.69) is 30.2 Å². The Kier molecular flexibility index (Phi) is 2.86. The third kappa shape index (κ3) is 1.81. The van der Waals surface area contributed by atoms with Gasteiger partial charge in [0.2, 0.25) is 0 Å². The molecule has 14 heavy (non-hydrogen) atoms. The standard InChI is InChI=1S/C13H14O/c1-2-10-14-13-9-5-7-11-6-3-4-8-12(11)13/h1,3-4,6,8,13H,5,7,9-10H2. The van der Waals surface area contributed by atoms with Gasteiger partial charge < -0.3 is 4.74 Å². The summed E-state index contributed by atoms with van der Waals surface area (Å²) in [5.74, 6) is 2.52. The van der Waals surface area contributed by atoms with Crippen LogP contribution in [0.25, 0.3) is 0 Å². The quantitative estimate of drug-likeness (QED) is 0.645. The maximum atomic E-state index is 5.62. The summed E-state index contributed by atoms with van der Waals surface area (Å²) in [6.07, 6.45) is 8.88. The third-order valence-electron chi connectivity index (χ3n) is 2.68. The maximum absolute atomic E-state index is 5.62. The average molecular weight is 186 g/mol. The first kappa shape index (κ1) is 9.30. The van der Waals surface area contributed by atoms with E-state index in [1.165, 1.54) is 24.0 Å². The van der Waals surface area contributed by atoms with Crippen LogP contribution in [0.2, 0.25) is 0 Å². The number of rotatable bonds is 2. The molecule has 0 amide bonds. The normalized spacial score (nSPS) is 19.8. The average Bonchev–Trinajstić information content (AvgIpc) is 2.26. The van der Waals surface area contributed by atoms with Crippen molar-refractivity contribution in [3.63, 3.8) is 0 Å². The van der Waals surface area contributed by atoms with Crippen LogP contribution >= 0.6 is 0 Å². The molecule has 1 nitrogen and oxygen atoms in total. The van der Waals surface area contributed by atoms with Crippen molar-refractivity contribution in [2.75, 3.05) is 6.61 Å². The predicted octanol–water partition coefficient (Wildman–Crippen LogP) is 2.71. The minimum absolute atomic E-state index is 0.219. The van der Waals surface area contributed by atoms with Crippen molar-refractivity contribution in [2.45, 2.75) is 25.4 Å². The molecule has 0 fully saturated rings. The fourth-order valence-corrected chi connectivity index (χ4v) is 2.03. The lowest BCUT2D eigenvalue weighted by molar-refractivity contribution is 0.0644. The second-order valence-corrected chi connectivity index (χ2v) is 3.59. The van der Waals surface area contributed by atoms with Crippen LogP contribution in [0.15, 0.2) is 24.3 Å². The Balaban J connectivity index is 2.18. The third-order valence-corrected chi connectivity index (χ3v) is 2.68. The molecule has 0 aliphatic heterocycles. The first-order valence-electron chi connectivity index (χ1n) is 5.04. The Morgan fingerprint density at radius 1 is 1.43 bits per heavy atom. The van der Waals surface area contributed by atoms with Gasteiger partial charge in [0.1, 0.15) is 6.61 Å². The summed E-state index contributed by atoms with van der Waals surface area (Å²) >= 11 is 0. The van der Waals surface area contributed by atoms with Gasteiger partial charge in [0.05, 0.1) is 6.10 Å². The van der Waals surface area contributed by atoms with Crippen LogP contribution in [0.1, 0.15) is 30.1 Å². The van der Waals surface area contributed by atoms with E-state index in [1.54, 1.807) is 0 Å². The topological polar surface area (TPSA) is 9.23 Å². The van der Waals surface area contributed by atoms with Crippen LogP contribution in [0.3, 0.4) is 0 Å². The summed E-state index contributed by atoms with van der Waals surface area (Å²) in [5, 5.41) is 0. The molecule has 0 saturated heterocycles. The predicted molar refractivity (Wildman–Crippen MR) is 56.9 cm³/mol. The highest BCUT2D eigenvalue weighted by molar-refractivity contribution is 5.31. The lowest BCUT2D eigenvalue weighted by atomic mass is 9.89. The smallest absolute Gasteiger partial charge is 0.108 e. The van der Waals surface area contributed by atoms with Crippen LogP contribution in [-0.4, -0.2) is 6.61 Å². The second kappa shape index (κ2) is 4.30. The van der Waals surface area contributed by atoms with Crippen molar-refractivity contribution in [3.05, 3.63) is 35.4 Å². The van der Waals surface area contributed by atoms with Gasteiger partial charge in [-0.3, -0.25) is 0 Å². The highest BCUT2D eigenvalue weighted by Gasteiger charge is 2.19. The zero-order valence-corrected chi connectivity index (χ0v) is 8.20. The van der Waals surface area contributed by atoms with E-state index in [0.29, 0.717) is 6.61 Å². The highest BCUT2D eigenvalue weighted by atomic mass is 16.5. The molecule has 1 aliphatic rings. The minimum Gasteiger partial charge on any atom is -0.361 e. The second-order valence-electron chi connectivity index (χ2n) is 3.59. The highest BCUT2D eigenvalue weighted by Crippen LogP contribution is 2.31. The molecule has 1 aromatic carbocycles. The molecule has 1 heteroatoms. The number of hydrogen-bond acceptors (Lipinski definition) is 1. The molecule has 1 aromatic rings. The zero-order chi connectivity index (χ0) is 9.80. The van der Waals surface area contributed by atoms with Crippen molar-refractivity contribution in [3.8, 4) is 12.3 Å². The Morgan fingerprint density at radius 2 is 2.29 bits per heavy atom. The lowest BCUT2D eigenvalue weighted by Crippen LogP contribution is -2.12. The Bertz CT molecular complexity index is 348. The fourth-order valence-electron chi connectivity index (χ4n) is 2.03. The van der Waals surface area contributed by atoms with Gasteiger partial charge in [-0.15, -0.1) is 6.42 Å². The minimum atomic E-state index is 0.219. The Labute approximate surface area is 85.1 Å². The summed E-state index contributed by atoms with van der Waals surface area (Å²) in [7, 11) is 0. The van der Waals surface area contributed by atoms with Gasteiger partial charge in [-0.25, -0.2) is 0 Å². The Hall–Kier alpha value is -1.26. The van der Waals surface area contributed by atoms with E-state index in [-0.39, 0.29) is 6.10 Å². The van der Waals surface area contributed by atoms with E-state index in [9.17, 15) is 0 Å². The summed E-state index contributed by atoms with van der Waals surface area (Å²) in [6, 6.07) is 8.48. The number of benzene rings is 1. The van der Waals surface area contributed by atoms with Gasteiger partial charge in [0, 0.05) is 0 Å². The molecule has 0 N–H and O–H groups in total. The van der Waals surface area contributed by atoms with E-state index in [4.69, 9.17) is 11.2 Å². The maximum Gasteiger partial charge on any atom is 0.108 e. The number of aryl methyl sites for hydroxylation is 1. The van der Waals surface area contributed by atoms with Gasteiger partial charge in [0.15, 0.2) is 0 Å². The van der Waals surface area contributed by atoms with Gasteiger partial charge in [-0.2, -0.15) is 0 Å². The van der Waals surface area contributed by atoms with E-state index < -0.39 is 0 Å². The van der Waals surface area contributed by atoms with Crippen molar-refractivity contribution in [1.29, 1.82) is 0 Å². The number of fused-ring (bicyclic) bond motifs is 1. The monoisotopic (exact) mass is 186 g/mol. The van der Waals surface area contributed by atoms with Crippen LogP contribution in [0.4, 0.5) is 0 Å². The largest absolute Gasteiger partial charge is 0.361 e. The molecule has 0 heterocycles. The molecule has 1 unspecified atom stereocenters. The SMILES string of the molecule is C#CCOC1CCCc2ccccc21. The first-order chi connectivity index (χ1) is 6.92. The van der Waals surface area contributed by atoms with Crippen molar-refractivity contribution in [2.24, 2.45) is 0 Å². The molecular formula is C13H14O. The lowest BCUT2D eigenvalue weighted by Gasteiger charge is -2.24. The number of hydrogen-bond donors (Lipinski definition) is 0. The fraction of sp³-hybridized carbons (Fsp3) is 0.385. The van der Waals surface area contributed by atoms with Crippen LogP contribution < -0.4 is 0 Å². The van der Waals surface area contributed by atoms with Crippen molar-refractivity contribution < 1.29 is 4.74 Å². The zero-order valence-electron chi connectivity index (χ0n) is 8.20. The molecule has 0 saturated carbocycles. The number of ether oxygens (including phenoxy) is 1. The molecular weight excluding hydrogens is 172 g/mol. The molecule has 0 aromatic heterocycles. The van der Waals surface area contributed by atoms with E-state index >= 15 is 0 Å². The van der Waals surface area contributed by atoms with Crippen molar-refractivity contribution >= 4 is 0 Å². The van der Waals surface area contributed by atoms with E-state index in [1.807, 2.05) is 0 Å². The molecule has 0 radical (unpaired) electrons. The van der Waals surface area contributed by atoms with Gasteiger partial charge in [-0.1, -0.05) is 30.2 Å². The van der Waals surface area contributed by atoms with Crippen LogP contribution in [0.5, 0.6) is 0 Å². The first-order valence-corrected chi connectivity index (χ1v) is 5.04. The number of terminal acetylenes is 1. The van der Waals surface area contributed by atoms with Gasteiger partial charge in [-0.05, 0) is 30.4 Å². The van der Waals surface area contributed by atoms with Gasteiger partial charge in [0.25, 0.3) is 0 Å². The van der Waals surface area contributed by atoms with Crippen molar-refractivity contribution in [1.82, 2.24) is 0 Å². The summed E-state index contributed by atoms with van der Waals surface area (Å²) < 4.78 is 5.62. The molecule has 72 valence electrons. The summed E-state index contributed by atoms with van der Waals surface area (Å²) in [4.78, 5) is 0. The molecule has 2 rings (SSSR count). The molecule has 0 spiro atoms. The van der Waals surface area contributed by atoms with Crippen LogP contribution in [0, 0.1) is 12.3 Å². The summed E-state index contributed by atoms with van der Waals surface area (Å²) in [6.45, 7) is 0.416. The van der Waals surface area contributed by atoms with Gasteiger partial charge >= 0.3 is 0 Å². The molecule has 1 aliphatic carbocycles. The Morgan fingerprint density at radius 3 is 3.14 bits per heavy atom. The molecule has 0 bridgehead atoms. The summed E-state index contributed by atoms with van der Waals surface area (Å²) in [5.41, 5.74) is 2.75. The van der Waals surface area contributed by atoms with Crippen LogP contribution in [-0.2, 0) is 11.2 Å². The molecule has 1 atom stereocenters. The van der Waals surface area contributed by atoms with E-state index in [0.717, 1.165) is 6.42 Å².